The molecule has 1 nitrogen and oxygen atoms in total. The van der Waals surface area contributed by atoms with Gasteiger partial charge in [0.2, 0.25) is 0 Å². The van der Waals surface area contributed by atoms with Crippen molar-refractivity contribution in [3.05, 3.63) is 34.3 Å². The van der Waals surface area contributed by atoms with Crippen LogP contribution in [0.15, 0.2) is 18.2 Å². The van der Waals surface area contributed by atoms with Crippen LogP contribution in [0.25, 0.3) is 0 Å². The Kier molecular flexibility index (Phi) is 6.30. The second-order valence-corrected chi connectivity index (χ2v) is 12.3. The lowest BCUT2D eigenvalue weighted by Crippen LogP contribution is -2.40. The van der Waals surface area contributed by atoms with Crippen molar-refractivity contribution in [3.63, 3.8) is 0 Å². The zero-order valence-electron chi connectivity index (χ0n) is 13.8. The van der Waals surface area contributed by atoms with Gasteiger partial charge in [-0.1, -0.05) is 57.8 Å². The minimum absolute atomic E-state index is 0.237. The van der Waals surface area contributed by atoms with E-state index < -0.39 is 8.32 Å². The van der Waals surface area contributed by atoms with Gasteiger partial charge in [-0.2, -0.15) is 0 Å². The number of rotatable bonds is 6. The van der Waals surface area contributed by atoms with Gasteiger partial charge in [-0.05, 0) is 48.2 Å². The molecule has 3 heteroatoms. The molecular formula is C17H29ClOSi. The van der Waals surface area contributed by atoms with Gasteiger partial charge in [0.25, 0.3) is 0 Å². The molecule has 114 valence electrons. The predicted molar refractivity (Wildman–Crippen MR) is 92.1 cm³/mol. The molecular weight excluding hydrogens is 284 g/mol. The lowest BCUT2D eigenvalue weighted by Gasteiger charge is -2.36. The van der Waals surface area contributed by atoms with E-state index in [0.717, 1.165) is 17.0 Å². The first-order valence-electron chi connectivity index (χ1n) is 7.58. The van der Waals surface area contributed by atoms with Gasteiger partial charge in [0, 0.05) is 5.02 Å². The standard InChI is InChI=1S/C17H29ClOSi/c1-7-8-9-14-10-11-15(16(18)12-14)13-19-20(5,6)17(2,3)4/h10-12H,7-9,13H2,1-6H3. The third-order valence-electron chi connectivity index (χ3n) is 4.33. The van der Waals surface area contributed by atoms with Crippen molar-refractivity contribution < 1.29 is 4.43 Å². The molecule has 0 unspecified atom stereocenters. The summed E-state index contributed by atoms with van der Waals surface area (Å²) in [5.74, 6) is 0. The normalized spacial score (nSPS) is 12.8. The maximum atomic E-state index is 6.39. The van der Waals surface area contributed by atoms with Gasteiger partial charge in [-0.15, -0.1) is 0 Å². The Labute approximate surface area is 130 Å². The largest absolute Gasteiger partial charge is 0.413 e. The molecule has 0 bridgehead atoms. The van der Waals surface area contributed by atoms with Crippen molar-refractivity contribution in [1.82, 2.24) is 0 Å². The molecule has 0 saturated carbocycles. The van der Waals surface area contributed by atoms with E-state index in [1.54, 1.807) is 0 Å². The highest BCUT2D eigenvalue weighted by molar-refractivity contribution is 6.74. The van der Waals surface area contributed by atoms with Crippen LogP contribution in [0.3, 0.4) is 0 Å². The van der Waals surface area contributed by atoms with E-state index in [4.69, 9.17) is 16.0 Å². The molecule has 0 aromatic heterocycles. The fourth-order valence-electron chi connectivity index (χ4n) is 1.72. The van der Waals surface area contributed by atoms with Gasteiger partial charge in [0.15, 0.2) is 8.32 Å². The quantitative estimate of drug-likeness (QED) is 0.568. The molecule has 0 heterocycles. The van der Waals surface area contributed by atoms with Crippen molar-refractivity contribution in [3.8, 4) is 0 Å². The summed E-state index contributed by atoms with van der Waals surface area (Å²) in [5.41, 5.74) is 2.43. The van der Waals surface area contributed by atoms with Crippen LogP contribution in [-0.2, 0) is 17.5 Å². The molecule has 1 aromatic rings. The van der Waals surface area contributed by atoms with Crippen LogP contribution in [0.2, 0.25) is 23.2 Å². The second-order valence-electron chi connectivity index (χ2n) is 7.08. The Morgan fingerprint density at radius 3 is 2.35 bits per heavy atom. The van der Waals surface area contributed by atoms with Crippen LogP contribution in [-0.4, -0.2) is 8.32 Å². The summed E-state index contributed by atoms with van der Waals surface area (Å²) in [6.45, 7) is 14.2. The first-order valence-corrected chi connectivity index (χ1v) is 10.9. The zero-order chi connectivity index (χ0) is 15.4. The summed E-state index contributed by atoms with van der Waals surface area (Å²) in [6.07, 6.45) is 3.55. The Hall–Kier alpha value is -0.313. The Morgan fingerprint density at radius 2 is 1.85 bits per heavy atom. The van der Waals surface area contributed by atoms with E-state index in [2.05, 4.69) is 59.0 Å². The Morgan fingerprint density at radius 1 is 1.20 bits per heavy atom. The summed E-state index contributed by atoms with van der Waals surface area (Å²) in [4.78, 5) is 0. The van der Waals surface area contributed by atoms with E-state index >= 15 is 0 Å². The molecule has 0 atom stereocenters. The highest BCUT2D eigenvalue weighted by Gasteiger charge is 2.37. The molecule has 0 aliphatic rings. The smallest absolute Gasteiger partial charge is 0.192 e. The molecule has 1 rings (SSSR count). The average Bonchev–Trinajstić information content (AvgIpc) is 2.33. The van der Waals surface area contributed by atoms with Crippen molar-refractivity contribution in [2.24, 2.45) is 0 Å². The summed E-state index contributed by atoms with van der Waals surface area (Å²) in [6, 6.07) is 6.41. The monoisotopic (exact) mass is 312 g/mol. The van der Waals surface area contributed by atoms with E-state index in [1.807, 2.05) is 0 Å². The number of benzene rings is 1. The minimum atomic E-state index is -1.70. The molecule has 0 radical (unpaired) electrons. The molecule has 20 heavy (non-hydrogen) atoms. The number of aryl methyl sites for hydroxylation is 1. The van der Waals surface area contributed by atoms with Gasteiger partial charge in [0.1, 0.15) is 0 Å². The Balaban J connectivity index is 2.70. The van der Waals surface area contributed by atoms with Crippen LogP contribution in [0.4, 0.5) is 0 Å². The SMILES string of the molecule is CCCCc1ccc(CO[Si](C)(C)C(C)(C)C)c(Cl)c1. The summed E-state index contributed by atoms with van der Waals surface area (Å²) >= 11 is 6.39. The molecule has 0 aliphatic carbocycles. The van der Waals surface area contributed by atoms with Gasteiger partial charge < -0.3 is 4.43 Å². The summed E-state index contributed by atoms with van der Waals surface area (Å²) in [7, 11) is -1.70. The highest BCUT2D eigenvalue weighted by Crippen LogP contribution is 2.37. The van der Waals surface area contributed by atoms with Crippen molar-refractivity contribution in [1.29, 1.82) is 0 Å². The van der Waals surface area contributed by atoms with Gasteiger partial charge in [-0.3, -0.25) is 0 Å². The average molecular weight is 313 g/mol. The van der Waals surface area contributed by atoms with Gasteiger partial charge >= 0.3 is 0 Å². The van der Waals surface area contributed by atoms with E-state index in [9.17, 15) is 0 Å². The predicted octanol–water partition coefficient (Wildman–Crippen LogP) is 6.20. The number of unbranched alkanes of at least 4 members (excludes halogenated alkanes) is 1. The van der Waals surface area contributed by atoms with Crippen molar-refractivity contribution in [2.75, 3.05) is 0 Å². The molecule has 1 aromatic carbocycles. The van der Waals surface area contributed by atoms with E-state index in [1.165, 1.54) is 18.4 Å². The van der Waals surface area contributed by atoms with E-state index in [-0.39, 0.29) is 5.04 Å². The third kappa shape index (κ3) is 4.91. The van der Waals surface area contributed by atoms with Crippen LogP contribution < -0.4 is 0 Å². The first-order chi connectivity index (χ1) is 9.17. The molecule has 0 spiro atoms. The fourth-order valence-corrected chi connectivity index (χ4v) is 2.93. The zero-order valence-corrected chi connectivity index (χ0v) is 15.6. The van der Waals surface area contributed by atoms with Crippen molar-refractivity contribution in [2.45, 2.75) is 71.7 Å². The molecule has 0 N–H and O–H groups in total. The maximum Gasteiger partial charge on any atom is 0.192 e. The number of hydrogen-bond donors (Lipinski definition) is 0. The number of hydrogen-bond acceptors (Lipinski definition) is 1. The lowest BCUT2D eigenvalue weighted by atomic mass is 10.1. The minimum Gasteiger partial charge on any atom is -0.413 e. The van der Waals surface area contributed by atoms with Gasteiger partial charge in [0.05, 0.1) is 6.61 Å². The summed E-state index contributed by atoms with van der Waals surface area (Å²) in [5, 5.41) is 1.08. The van der Waals surface area contributed by atoms with Crippen LogP contribution in [0.1, 0.15) is 51.7 Å². The summed E-state index contributed by atoms with van der Waals surface area (Å²) < 4.78 is 6.24. The third-order valence-corrected chi connectivity index (χ3v) is 9.16. The fraction of sp³-hybridized carbons (Fsp3) is 0.647. The van der Waals surface area contributed by atoms with Gasteiger partial charge in [-0.25, -0.2) is 0 Å². The molecule has 0 fully saturated rings. The Bertz CT molecular complexity index is 435. The van der Waals surface area contributed by atoms with E-state index in [0.29, 0.717) is 6.61 Å². The maximum absolute atomic E-state index is 6.39. The van der Waals surface area contributed by atoms with Crippen molar-refractivity contribution >= 4 is 19.9 Å². The lowest BCUT2D eigenvalue weighted by molar-refractivity contribution is 0.276. The molecule has 0 aliphatic heterocycles. The van der Waals surface area contributed by atoms with Crippen LogP contribution >= 0.6 is 11.6 Å². The number of halogens is 1. The van der Waals surface area contributed by atoms with Crippen LogP contribution in [0.5, 0.6) is 0 Å². The molecule has 0 amide bonds. The topological polar surface area (TPSA) is 9.23 Å². The highest BCUT2D eigenvalue weighted by atomic mass is 35.5. The first kappa shape index (κ1) is 17.7. The molecule has 0 saturated heterocycles. The van der Waals surface area contributed by atoms with Crippen LogP contribution in [0, 0.1) is 0 Å². The second kappa shape index (κ2) is 7.10.